The van der Waals surface area contributed by atoms with E-state index in [0.717, 1.165) is 16.6 Å². The number of carboxylic acids is 1. The average Bonchev–Trinajstić information content (AvgIpc) is 2.85. The Morgan fingerprint density at radius 2 is 2.05 bits per heavy atom. The quantitative estimate of drug-likeness (QED) is 0.399. The number of rotatable bonds is 5. The van der Waals surface area contributed by atoms with Gasteiger partial charge in [0.1, 0.15) is 10.9 Å². The van der Waals surface area contributed by atoms with Crippen LogP contribution >= 0.6 is 24.0 Å². The second kappa shape index (κ2) is 10.2. The van der Waals surface area contributed by atoms with Gasteiger partial charge in [0.15, 0.2) is 0 Å². The Morgan fingerprint density at radius 1 is 1.40 bits per heavy atom. The molecule has 2 amide bonds. The summed E-state index contributed by atoms with van der Waals surface area (Å²) in [5, 5.41) is 15.6. The third-order valence-corrected chi connectivity index (χ3v) is 3.15. The fourth-order valence-corrected chi connectivity index (χ4v) is 1.84. The van der Waals surface area contributed by atoms with E-state index in [4.69, 9.17) is 17.3 Å². The van der Waals surface area contributed by atoms with Crippen LogP contribution in [0.25, 0.3) is 0 Å². The van der Waals surface area contributed by atoms with Crippen LogP contribution in [0.1, 0.15) is 6.92 Å². The molecule has 0 bridgehead atoms. The minimum Gasteiger partial charge on any atom is -0.480 e. The summed E-state index contributed by atoms with van der Waals surface area (Å²) in [6.45, 7) is 5.23. The summed E-state index contributed by atoms with van der Waals surface area (Å²) in [5.41, 5.74) is 0.288. The van der Waals surface area contributed by atoms with E-state index in [1.54, 1.807) is 11.8 Å². The van der Waals surface area contributed by atoms with Gasteiger partial charge in [-0.3, -0.25) is 14.4 Å². The summed E-state index contributed by atoms with van der Waals surface area (Å²) in [7, 11) is 0. The second-order valence-corrected chi connectivity index (χ2v) is 5.47. The molecular formula is C11H17N3O4S2. The van der Waals surface area contributed by atoms with Gasteiger partial charge in [-0.2, -0.15) is 0 Å². The molecule has 1 saturated heterocycles. The Labute approximate surface area is 126 Å². The molecule has 0 radical (unpaired) electrons. The predicted molar refractivity (Wildman–Crippen MR) is 81.5 cm³/mol. The predicted octanol–water partition coefficient (Wildman–Crippen LogP) is -0.513. The maximum absolute atomic E-state index is 10.9. The van der Waals surface area contributed by atoms with E-state index < -0.39 is 24.3 Å². The highest BCUT2D eigenvalue weighted by molar-refractivity contribution is 8.23. The van der Waals surface area contributed by atoms with Crippen molar-refractivity contribution in [1.29, 1.82) is 0 Å². The number of hydrogen-bond donors (Lipinski definition) is 4. The molecule has 0 aromatic rings. The van der Waals surface area contributed by atoms with Crippen molar-refractivity contribution in [1.82, 2.24) is 16.0 Å². The highest BCUT2D eigenvalue weighted by atomic mass is 32.2. The first-order valence-corrected chi connectivity index (χ1v) is 7.05. The molecule has 1 aliphatic rings. The van der Waals surface area contributed by atoms with Crippen LogP contribution in [0, 0.1) is 0 Å². The highest BCUT2D eigenvalue weighted by Gasteiger charge is 2.06. The van der Waals surface area contributed by atoms with Gasteiger partial charge < -0.3 is 21.1 Å². The number of thiocarbonyl (C=S) groups is 1. The Kier molecular flexibility index (Phi) is 9.39. The molecule has 0 saturated carbocycles. The van der Waals surface area contributed by atoms with Crippen LogP contribution in [-0.4, -0.2) is 52.6 Å². The fourth-order valence-electron chi connectivity index (χ4n) is 0.896. The number of amides is 2. The molecule has 0 atom stereocenters. The molecule has 0 aromatic heterocycles. The number of hydrogen-bond acceptors (Lipinski definition) is 5. The maximum Gasteiger partial charge on any atom is 0.322 e. The van der Waals surface area contributed by atoms with Crippen molar-refractivity contribution in [3.63, 3.8) is 0 Å². The number of nitrogens with one attached hydrogen (secondary N) is 3. The zero-order valence-electron chi connectivity index (χ0n) is 11.0. The third kappa shape index (κ3) is 10.3. The Hall–Kier alpha value is -1.61. The van der Waals surface area contributed by atoms with Crippen LogP contribution in [0.5, 0.6) is 0 Å². The summed E-state index contributed by atoms with van der Waals surface area (Å²) >= 11 is 6.49. The first-order chi connectivity index (χ1) is 9.32. The Balaban J connectivity index is 0.000000493. The van der Waals surface area contributed by atoms with Crippen molar-refractivity contribution < 1.29 is 19.5 Å². The normalized spacial score (nSPS) is 12.6. The zero-order valence-corrected chi connectivity index (χ0v) is 12.7. The van der Waals surface area contributed by atoms with Gasteiger partial charge >= 0.3 is 5.97 Å². The van der Waals surface area contributed by atoms with Gasteiger partial charge in [0, 0.05) is 17.9 Å². The molecule has 0 unspecified atom stereocenters. The lowest BCUT2D eigenvalue weighted by molar-refractivity contribution is -0.137. The summed E-state index contributed by atoms with van der Waals surface area (Å²) in [6, 6.07) is 0. The third-order valence-electron chi connectivity index (χ3n) is 1.84. The van der Waals surface area contributed by atoms with Gasteiger partial charge in [-0.15, -0.1) is 0 Å². The van der Waals surface area contributed by atoms with Crippen molar-refractivity contribution in [2.24, 2.45) is 0 Å². The van der Waals surface area contributed by atoms with E-state index in [1.165, 1.54) is 6.92 Å². The van der Waals surface area contributed by atoms with E-state index >= 15 is 0 Å². The highest BCUT2D eigenvalue weighted by Crippen LogP contribution is 2.05. The molecule has 4 N–H and O–H groups in total. The summed E-state index contributed by atoms with van der Waals surface area (Å²) in [6.07, 6.45) is 0. The first kappa shape index (κ1) is 18.4. The molecule has 7 nitrogen and oxygen atoms in total. The van der Waals surface area contributed by atoms with Gasteiger partial charge in [-0.25, -0.2) is 0 Å². The topological polar surface area (TPSA) is 108 Å². The number of thioether (sulfide) groups is 1. The van der Waals surface area contributed by atoms with Gasteiger partial charge in [0.2, 0.25) is 11.8 Å². The molecule has 0 spiro atoms. The summed E-state index contributed by atoms with van der Waals surface area (Å²) < 4.78 is 0.954. The maximum atomic E-state index is 10.9. The van der Waals surface area contributed by atoms with Crippen molar-refractivity contribution >= 4 is 46.1 Å². The lowest BCUT2D eigenvalue weighted by Crippen LogP contribution is -2.39. The van der Waals surface area contributed by atoms with Crippen LogP contribution < -0.4 is 16.0 Å². The van der Waals surface area contributed by atoms with Gasteiger partial charge in [0.25, 0.3) is 0 Å². The molecule has 112 valence electrons. The summed E-state index contributed by atoms with van der Waals surface area (Å²) in [5.74, 6) is -0.971. The smallest absolute Gasteiger partial charge is 0.322 e. The minimum absolute atomic E-state index is 0.251. The molecule has 1 fully saturated rings. The number of aliphatic carboxylic acids is 1. The van der Waals surface area contributed by atoms with Crippen LogP contribution in [0.3, 0.4) is 0 Å². The standard InChI is InChI=1S/C8H12N2O4.C3H5NS2/c1-5(2)8(14)10-3-6(11)9-4-7(12)13;5-3-4-1-2-6-3/h1,3-4H2,2H3,(H,9,11)(H,10,14)(H,12,13);1-2H2,(H,4,5). The molecule has 0 aliphatic carbocycles. The monoisotopic (exact) mass is 319 g/mol. The number of carbonyl (C=O) groups is 3. The van der Waals surface area contributed by atoms with Gasteiger partial charge in [-0.05, 0) is 6.92 Å². The lowest BCUT2D eigenvalue weighted by atomic mass is 10.3. The molecule has 9 heteroatoms. The van der Waals surface area contributed by atoms with Crippen molar-refractivity contribution in [3.8, 4) is 0 Å². The van der Waals surface area contributed by atoms with Crippen LogP contribution in [0.15, 0.2) is 12.2 Å². The second-order valence-electron chi connectivity index (χ2n) is 3.70. The van der Waals surface area contributed by atoms with Gasteiger partial charge in [-0.1, -0.05) is 30.6 Å². The zero-order chi connectivity index (χ0) is 15.5. The van der Waals surface area contributed by atoms with Crippen LogP contribution in [0.4, 0.5) is 0 Å². The van der Waals surface area contributed by atoms with E-state index in [0.29, 0.717) is 0 Å². The van der Waals surface area contributed by atoms with E-state index in [-0.39, 0.29) is 12.1 Å². The van der Waals surface area contributed by atoms with Crippen molar-refractivity contribution in [2.75, 3.05) is 25.4 Å². The first-order valence-electron chi connectivity index (χ1n) is 5.65. The largest absolute Gasteiger partial charge is 0.480 e. The molecule has 20 heavy (non-hydrogen) atoms. The van der Waals surface area contributed by atoms with E-state index in [1.807, 2.05) is 0 Å². The van der Waals surface area contributed by atoms with Crippen molar-refractivity contribution in [3.05, 3.63) is 12.2 Å². The molecule has 1 aliphatic heterocycles. The SMILES string of the molecule is C=C(C)C(=O)NCC(=O)NCC(=O)O.S=C1NCCS1. The molecule has 1 heterocycles. The Morgan fingerprint density at radius 3 is 2.40 bits per heavy atom. The van der Waals surface area contributed by atoms with Crippen LogP contribution in [0.2, 0.25) is 0 Å². The van der Waals surface area contributed by atoms with Gasteiger partial charge in [0.05, 0.1) is 6.54 Å². The molecule has 1 rings (SSSR count). The van der Waals surface area contributed by atoms with E-state index in [2.05, 4.69) is 22.5 Å². The number of carbonyl (C=O) groups excluding carboxylic acids is 2. The van der Waals surface area contributed by atoms with Crippen LogP contribution in [-0.2, 0) is 14.4 Å². The lowest BCUT2D eigenvalue weighted by Gasteiger charge is -2.04. The number of carboxylic acid groups (broad SMARTS) is 1. The fraction of sp³-hybridized carbons (Fsp3) is 0.455. The average molecular weight is 319 g/mol. The summed E-state index contributed by atoms with van der Waals surface area (Å²) in [4.78, 5) is 31.8. The Bertz CT molecular complexity index is 404. The van der Waals surface area contributed by atoms with Crippen molar-refractivity contribution in [2.45, 2.75) is 6.92 Å². The molecule has 0 aromatic carbocycles. The molecular weight excluding hydrogens is 302 g/mol. The minimum atomic E-state index is -1.13. The van der Waals surface area contributed by atoms with E-state index in [9.17, 15) is 14.4 Å².